The summed E-state index contributed by atoms with van der Waals surface area (Å²) in [5.41, 5.74) is 1.28. The molecule has 0 bridgehead atoms. The van der Waals surface area contributed by atoms with Gasteiger partial charge in [0.2, 0.25) is 0 Å². The number of carbonyl (C=O) groups excluding carboxylic acids is 1. The molecule has 1 rings (SSSR count). The van der Waals surface area contributed by atoms with E-state index in [4.69, 9.17) is 4.74 Å². The van der Waals surface area contributed by atoms with Crippen LogP contribution < -0.4 is 0 Å². The monoisotopic (exact) mass is 266 g/mol. The Balaban J connectivity index is 2.34. The van der Waals surface area contributed by atoms with Crippen molar-refractivity contribution in [3.8, 4) is 0 Å². The maximum absolute atomic E-state index is 10.7. The van der Waals surface area contributed by atoms with Gasteiger partial charge in [-0.2, -0.15) is 0 Å². The first-order chi connectivity index (χ1) is 5.22. The fourth-order valence-corrected chi connectivity index (χ4v) is 1.38. The number of ether oxygens (including phenoxy) is 1. The molecule has 0 N–H and O–H groups in total. The van der Waals surface area contributed by atoms with Crippen molar-refractivity contribution in [2.24, 2.45) is 0 Å². The van der Waals surface area contributed by atoms with Crippen molar-refractivity contribution in [1.29, 1.82) is 0 Å². The molecule has 0 unspecified atom stereocenters. The van der Waals surface area contributed by atoms with Crippen molar-refractivity contribution in [2.45, 2.75) is 32.3 Å². The number of hydrogen-bond acceptors (Lipinski definition) is 2. The molecule has 0 radical (unpaired) electrons. The molecule has 3 heteroatoms. The average Bonchev–Trinajstić information content (AvgIpc) is 2.35. The third-order valence-electron chi connectivity index (χ3n) is 1.70. The van der Waals surface area contributed by atoms with Crippen LogP contribution in [0.3, 0.4) is 0 Å². The second-order valence-corrected chi connectivity index (χ2v) is 3.43. The zero-order valence-electron chi connectivity index (χ0n) is 6.47. The Bertz CT molecular complexity index is 187. The highest BCUT2D eigenvalue weighted by Crippen LogP contribution is 2.20. The summed E-state index contributed by atoms with van der Waals surface area (Å²) in [6, 6.07) is 0. The second-order valence-electron chi connectivity index (χ2n) is 2.81. The SMILES string of the molecule is CC(=CI)C[C@@H]1CCC(=O)O1. The molecule has 0 spiro atoms. The summed E-state index contributed by atoms with van der Waals surface area (Å²) in [5, 5.41) is 0. The average molecular weight is 266 g/mol. The van der Waals surface area contributed by atoms with Gasteiger partial charge in [-0.3, -0.25) is 4.79 Å². The molecule has 2 nitrogen and oxygen atoms in total. The molecule has 1 fully saturated rings. The Labute approximate surface area is 80.1 Å². The lowest BCUT2D eigenvalue weighted by Gasteiger charge is -2.07. The third kappa shape index (κ3) is 2.81. The maximum atomic E-state index is 10.7. The summed E-state index contributed by atoms with van der Waals surface area (Å²) < 4.78 is 7.08. The number of rotatable bonds is 2. The highest BCUT2D eigenvalue weighted by atomic mass is 127. The molecule has 1 aliphatic heterocycles. The molecule has 0 aromatic rings. The van der Waals surface area contributed by atoms with Gasteiger partial charge in [-0.1, -0.05) is 28.2 Å². The van der Waals surface area contributed by atoms with Crippen molar-refractivity contribution in [3.05, 3.63) is 9.66 Å². The molecule has 0 amide bonds. The van der Waals surface area contributed by atoms with Gasteiger partial charge in [0.15, 0.2) is 0 Å². The Morgan fingerprint density at radius 2 is 2.64 bits per heavy atom. The van der Waals surface area contributed by atoms with Crippen LogP contribution in [0.15, 0.2) is 9.66 Å². The fourth-order valence-electron chi connectivity index (χ4n) is 1.13. The summed E-state index contributed by atoms with van der Waals surface area (Å²) in [7, 11) is 0. The Morgan fingerprint density at radius 3 is 3.09 bits per heavy atom. The molecule has 11 heavy (non-hydrogen) atoms. The van der Waals surface area contributed by atoms with Crippen LogP contribution in [0.2, 0.25) is 0 Å². The highest BCUT2D eigenvalue weighted by Gasteiger charge is 2.22. The van der Waals surface area contributed by atoms with Crippen LogP contribution in [-0.4, -0.2) is 12.1 Å². The van der Waals surface area contributed by atoms with E-state index < -0.39 is 0 Å². The molecule has 0 aromatic heterocycles. The van der Waals surface area contributed by atoms with E-state index in [-0.39, 0.29) is 12.1 Å². The van der Waals surface area contributed by atoms with Crippen LogP contribution in [0.5, 0.6) is 0 Å². The lowest BCUT2D eigenvalue weighted by Crippen LogP contribution is -2.06. The Morgan fingerprint density at radius 1 is 1.91 bits per heavy atom. The zero-order valence-corrected chi connectivity index (χ0v) is 8.63. The van der Waals surface area contributed by atoms with Crippen LogP contribution in [0.25, 0.3) is 0 Å². The van der Waals surface area contributed by atoms with Gasteiger partial charge >= 0.3 is 5.97 Å². The van der Waals surface area contributed by atoms with E-state index in [0.717, 1.165) is 12.8 Å². The number of hydrogen-bond donors (Lipinski definition) is 0. The van der Waals surface area contributed by atoms with Gasteiger partial charge in [0, 0.05) is 12.8 Å². The predicted octanol–water partition coefficient (Wildman–Crippen LogP) is 2.42. The Hall–Kier alpha value is -0.0600. The molecular formula is C8H11IO2. The van der Waals surface area contributed by atoms with Crippen LogP contribution in [0, 0.1) is 0 Å². The van der Waals surface area contributed by atoms with Gasteiger partial charge in [-0.15, -0.1) is 0 Å². The largest absolute Gasteiger partial charge is 0.462 e. The lowest BCUT2D eigenvalue weighted by molar-refractivity contribution is -0.141. The van der Waals surface area contributed by atoms with Gasteiger partial charge in [0.1, 0.15) is 6.10 Å². The molecular weight excluding hydrogens is 255 g/mol. The number of cyclic esters (lactones) is 1. The van der Waals surface area contributed by atoms with E-state index in [0.29, 0.717) is 6.42 Å². The van der Waals surface area contributed by atoms with Crippen LogP contribution in [0.1, 0.15) is 26.2 Å². The quantitative estimate of drug-likeness (QED) is 0.566. The van der Waals surface area contributed by atoms with E-state index >= 15 is 0 Å². The molecule has 1 atom stereocenters. The maximum Gasteiger partial charge on any atom is 0.306 e. The smallest absolute Gasteiger partial charge is 0.306 e. The van der Waals surface area contributed by atoms with Gasteiger partial charge in [-0.25, -0.2) is 0 Å². The van der Waals surface area contributed by atoms with Crippen molar-refractivity contribution in [1.82, 2.24) is 0 Å². The molecule has 1 aliphatic rings. The molecule has 0 aromatic carbocycles. The van der Waals surface area contributed by atoms with Gasteiger partial charge < -0.3 is 4.74 Å². The van der Waals surface area contributed by atoms with Crippen molar-refractivity contribution in [3.63, 3.8) is 0 Å². The minimum Gasteiger partial charge on any atom is -0.462 e. The first-order valence-corrected chi connectivity index (χ1v) is 4.92. The van der Waals surface area contributed by atoms with Crippen LogP contribution in [-0.2, 0) is 9.53 Å². The van der Waals surface area contributed by atoms with E-state index in [9.17, 15) is 4.79 Å². The minimum absolute atomic E-state index is 0.0451. The number of halogens is 1. The van der Waals surface area contributed by atoms with E-state index in [1.807, 2.05) is 4.08 Å². The van der Waals surface area contributed by atoms with Gasteiger partial charge in [0.05, 0.1) is 0 Å². The summed E-state index contributed by atoms with van der Waals surface area (Å²) in [6.07, 6.45) is 2.53. The minimum atomic E-state index is -0.0451. The number of carbonyl (C=O) groups is 1. The standard InChI is InChI=1S/C8H11IO2/c1-6(5-9)4-7-2-3-8(10)11-7/h5,7H,2-4H2,1H3/t7-/m0/s1. The highest BCUT2D eigenvalue weighted by molar-refractivity contribution is 14.1. The van der Waals surface area contributed by atoms with Crippen molar-refractivity contribution < 1.29 is 9.53 Å². The predicted molar refractivity (Wildman–Crippen MR) is 51.5 cm³/mol. The van der Waals surface area contributed by atoms with Crippen molar-refractivity contribution in [2.75, 3.05) is 0 Å². The van der Waals surface area contributed by atoms with Crippen LogP contribution >= 0.6 is 22.6 Å². The summed E-state index contributed by atoms with van der Waals surface area (Å²) in [6.45, 7) is 2.05. The van der Waals surface area contributed by atoms with Crippen LogP contribution in [0.4, 0.5) is 0 Å². The lowest BCUT2D eigenvalue weighted by atomic mass is 10.1. The second kappa shape index (κ2) is 4.09. The van der Waals surface area contributed by atoms with Gasteiger partial charge in [0.25, 0.3) is 0 Å². The Kier molecular flexibility index (Phi) is 3.36. The topological polar surface area (TPSA) is 26.3 Å². The fraction of sp³-hybridized carbons (Fsp3) is 0.625. The van der Waals surface area contributed by atoms with Gasteiger partial charge in [-0.05, 0) is 17.4 Å². The zero-order chi connectivity index (χ0) is 8.27. The first kappa shape index (κ1) is 9.03. The normalized spacial score (nSPS) is 25.5. The molecule has 62 valence electrons. The summed E-state index contributed by atoms with van der Waals surface area (Å²) >= 11 is 2.20. The third-order valence-corrected chi connectivity index (χ3v) is 2.77. The van der Waals surface area contributed by atoms with E-state index in [1.54, 1.807) is 0 Å². The summed E-state index contributed by atoms with van der Waals surface area (Å²) in [4.78, 5) is 10.7. The molecule has 1 saturated heterocycles. The molecule has 0 saturated carbocycles. The molecule has 0 aliphatic carbocycles. The first-order valence-electron chi connectivity index (χ1n) is 3.67. The number of esters is 1. The molecule has 1 heterocycles. The van der Waals surface area contributed by atoms with Crippen molar-refractivity contribution >= 4 is 28.6 Å². The van der Waals surface area contributed by atoms with E-state index in [2.05, 4.69) is 29.5 Å². The van der Waals surface area contributed by atoms with E-state index in [1.165, 1.54) is 5.57 Å². The summed E-state index contributed by atoms with van der Waals surface area (Å²) in [5.74, 6) is -0.0451.